The zero-order valence-corrected chi connectivity index (χ0v) is 13.7. The van der Waals surface area contributed by atoms with Crippen molar-refractivity contribution >= 4 is 12.0 Å². The summed E-state index contributed by atoms with van der Waals surface area (Å²) in [5.74, 6) is 0.443. The van der Waals surface area contributed by atoms with E-state index >= 15 is 0 Å². The summed E-state index contributed by atoms with van der Waals surface area (Å²) in [7, 11) is 0. The summed E-state index contributed by atoms with van der Waals surface area (Å²) < 4.78 is 2.17. The van der Waals surface area contributed by atoms with Crippen molar-refractivity contribution < 1.29 is 14.7 Å². The quantitative estimate of drug-likeness (QED) is 0.885. The molecular weight excluding hydrogens is 296 g/mol. The van der Waals surface area contributed by atoms with E-state index in [1.807, 2.05) is 6.92 Å². The molecule has 0 spiro atoms. The maximum Gasteiger partial charge on any atom is 0.317 e. The van der Waals surface area contributed by atoms with Crippen molar-refractivity contribution in [3.8, 4) is 0 Å². The Labute approximate surface area is 135 Å². The molecule has 2 unspecified atom stereocenters. The molecule has 0 radical (unpaired) electrons. The highest BCUT2D eigenvalue weighted by Crippen LogP contribution is 2.30. The molecule has 2 aliphatic rings. The van der Waals surface area contributed by atoms with E-state index in [2.05, 4.69) is 21.1 Å². The standard InChI is InChI=1S/C16H24N4O3/c1-11-9-19-6-3-4-12(13(19)18-11)8-17-15(23)20-7-5-16(2,10-20)14(21)22/h9,12H,3-8,10H2,1-2H3,(H,17,23)(H,21,22). The molecule has 7 nitrogen and oxygen atoms in total. The van der Waals surface area contributed by atoms with Gasteiger partial charge in [-0.2, -0.15) is 0 Å². The van der Waals surface area contributed by atoms with Gasteiger partial charge in [0.15, 0.2) is 0 Å². The number of carboxylic acid groups (broad SMARTS) is 1. The number of aromatic nitrogens is 2. The average molecular weight is 320 g/mol. The van der Waals surface area contributed by atoms with Crippen LogP contribution in [0, 0.1) is 12.3 Å². The lowest BCUT2D eigenvalue weighted by atomic mass is 9.90. The predicted octanol–water partition coefficient (Wildman–Crippen LogP) is 1.58. The first-order valence-electron chi connectivity index (χ1n) is 8.19. The fourth-order valence-corrected chi connectivity index (χ4v) is 3.53. The van der Waals surface area contributed by atoms with Gasteiger partial charge >= 0.3 is 12.0 Å². The van der Waals surface area contributed by atoms with Crippen LogP contribution in [0.3, 0.4) is 0 Å². The Kier molecular flexibility index (Phi) is 4.04. The van der Waals surface area contributed by atoms with E-state index in [1.165, 1.54) is 0 Å². The fraction of sp³-hybridized carbons (Fsp3) is 0.688. The summed E-state index contributed by atoms with van der Waals surface area (Å²) in [6, 6.07) is -0.171. The van der Waals surface area contributed by atoms with Crippen LogP contribution in [0.1, 0.15) is 43.6 Å². The zero-order chi connectivity index (χ0) is 16.6. The third-order valence-electron chi connectivity index (χ3n) is 5.02. The van der Waals surface area contributed by atoms with Crippen molar-refractivity contribution in [1.29, 1.82) is 0 Å². The number of carbonyl (C=O) groups is 2. The van der Waals surface area contributed by atoms with Crippen LogP contribution in [0.2, 0.25) is 0 Å². The van der Waals surface area contributed by atoms with E-state index in [0.29, 0.717) is 19.5 Å². The molecule has 2 atom stereocenters. The minimum Gasteiger partial charge on any atom is -0.481 e. The van der Waals surface area contributed by atoms with Crippen LogP contribution < -0.4 is 5.32 Å². The second-order valence-electron chi connectivity index (χ2n) is 7.00. The van der Waals surface area contributed by atoms with Gasteiger partial charge in [-0.15, -0.1) is 0 Å². The molecule has 7 heteroatoms. The SMILES string of the molecule is Cc1cn2c(n1)C(CNC(=O)N1CCC(C)(C(=O)O)C1)CCC2. The lowest BCUT2D eigenvalue weighted by molar-refractivity contribution is -0.146. The Morgan fingerprint density at radius 1 is 1.48 bits per heavy atom. The minimum atomic E-state index is -0.836. The molecule has 2 amide bonds. The lowest BCUT2D eigenvalue weighted by Gasteiger charge is -2.25. The Hall–Kier alpha value is -2.05. The summed E-state index contributed by atoms with van der Waals surface area (Å²) in [5, 5.41) is 12.2. The number of aryl methyl sites for hydroxylation is 2. The number of likely N-dealkylation sites (tertiary alicyclic amines) is 1. The maximum absolute atomic E-state index is 12.3. The molecule has 126 valence electrons. The average Bonchev–Trinajstić information content (AvgIpc) is 3.08. The van der Waals surface area contributed by atoms with Crippen molar-refractivity contribution in [2.75, 3.05) is 19.6 Å². The number of rotatable bonds is 3. The number of urea groups is 1. The van der Waals surface area contributed by atoms with Crippen molar-refractivity contribution in [2.45, 2.75) is 45.6 Å². The van der Waals surface area contributed by atoms with Gasteiger partial charge in [0.25, 0.3) is 0 Å². The highest BCUT2D eigenvalue weighted by Gasteiger charge is 2.42. The van der Waals surface area contributed by atoms with Crippen LogP contribution >= 0.6 is 0 Å². The fourth-order valence-electron chi connectivity index (χ4n) is 3.53. The number of nitrogens with one attached hydrogen (secondary N) is 1. The Bertz CT molecular complexity index is 627. The van der Waals surface area contributed by atoms with E-state index in [0.717, 1.165) is 30.9 Å². The highest BCUT2D eigenvalue weighted by molar-refractivity contribution is 5.79. The lowest BCUT2D eigenvalue weighted by Crippen LogP contribution is -2.42. The van der Waals surface area contributed by atoms with Crippen LogP contribution in [-0.4, -0.2) is 51.2 Å². The van der Waals surface area contributed by atoms with Gasteiger partial charge in [-0.25, -0.2) is 9.78 Å². The second-order valence-corrected chi connectivity index (χ2v) is 7.00. The van der Waals surface area contributed by atoms with E-state index in [4.69, 9.17) is 0 Å². The summed E-state index contributed by atoms with van der Waals surface area (Å²) in [6.45, 7) is 5.99. The second kappa shape index (κ2) is 5.86. The summed E-state index contributed by atoms with van der Waals surface area (Å²) in [4.78, 5) is 29.8. The number of aliphatic carboxylic acids is 1. The molecule has 1 saturated heterocycles. The van der Waals surface area contributed by atoms with E-state index in [1.54, 1.807) is 11.8 Å². The van der Waals surface area contributed by atoms with Gasteiger partial charge in [-0.1, -0.05) is 0 Å². The van der Waals surface area contributed by atoms with Gasteiger partial charge in [0.2, 0.25) is 0 Å². The third kappa shape index (κ3) is 3.04. The summed E-state index contributed by atoms with van der Waals surface area (Å²) >= 11 is 0. The maximum atomic E-state index is 12.3. The number of hydrogen-bond acceptors (Lipinski definition) is 3. The van der Waals surface area contributed by atoms with E-state index < -0.39 is 11.4 Å². The highest BCUT2D eigenvalue weighted by atomic mass is 16.4. The number of fused-ring (bicyclic) bond motifs is 1. The van der Waals surface area contributed by atoms with Crippen LogP contribution in [-0.2, 0) is 11.3 Å². The molecule has 2 aliphatic heterocycles. The smallest absolute Gasteiger partial charge is 0.317 e. The van der Waals surface area contributed by atoms with Gasteiger partial charge < -0.3 is 19.9 Å². The van der Waals surface area contributed by atoms with Crippen molar-refractivity contribution in [3.05, 3.63) is 17.7 Å². The van der Waals surface area contributed by atoms with E-state index in [9.17, 15) is 14.7 Å². The molecule has 0 saturated carbocycles. The molecule has 3 heterocycles. The Balaban J connectivity index is 1.57. The molecule has 0 aromatic carbocycles. The number of imidazole rings is 1. The predicted molar refractivity (Wildman–Crippen MR) is 84.3 cm³/mol. The topological polar surface area (TPSA) is 87.5 Å². The molecule has 23 heavy (non-hydrogen) atoms. The van der Waals surface area contributed by atoms with Crippen LogP contribution in [0.15, 0.2) is 6.20 Å². The van der Waals surface area contributed by atoms with E-state index in [-0.39, 0.29) is 18.5 Å². The van der Waals surface area contributed by atoms with Gasteiger partial charge in [0, 0.05) is 38.3 Å². The Morgan fingerprint density at radius 2 is 2.26 bits per heavy atom. The first kappa shape index (κ1) is 15.8. The number of carboxylic acids is 1. The van der Waals surface area contributed by atoms with Gasteiger partial charge in [-0.05, 0) is 33.1 Å². The van der Waals surface area contributed by atoms with Crippen molar-refractivity contribution in [3.63, 3.8) is 0 Å². The molecule has 1 fully saturated rings. The van der Waals surface area contributed by atoms with Crippen LogP contribution in [0.4, 0.5) is 4.79 Å². The largest absolute Gasteiger partial charge is 0.481 e. The van der Waals surface area contributed by atoms with Gasteiger partial charge in [0.1, 0.15) is 5.82 Å². The summed E-state index contributed by atoms with van der Waals surface area (Å²) in [5.41, 5.74) is 0.185. The van der Waals surface area contributed by atoms with Gasteiger partial charge in [0.05, 0.1) is 11.1 Å². The first-order valence-corrected chi connectivity index (χ1v) is 8.19. The third-order valence-corrected chi connectivity index (χ3v) is 5.02. The molecule has 2 N–H and O–H groups in total. The van der Waals surface area contributed by atoms with Crippen molar-refractivity contribution in [2.24, 2.45) is 5.41 Å². The molecule has 3 rings (SSSR count). The molecule has 0 aliphatic carbocycles. The van der Waals surface area contributed by atoms with Crippen LogP contribution in [0.25, 0.3) is 0 Å². The number of hydrogen-bond donors (Lipinski definition) is 2. The summed E-state index contributed by atoms with van der Waals surface area (Å²) in [6.07, 6.45) is 4.67. The number of amides is 2. The minimum absolute atomic E-state index is 0.171. The molecule has 0 bridgehead atoms. The zero-order valence-electron chi connectivity index (χ0n) is 13.7. The number of nitrogens with zero attached hydrogens (tertiary/aromatic N) is 3. The monoisotopic (exact) mass is 320 g/mol. The first-order chi connectivity index (χ1) is 10.9. The van der Waals surface area contributed by atoms with Crippen molar-refractivity contribution in [1.82, 2.24) is 19.8 Å². The normalized spacial score (nSPS) is 26.9. The molecular formula is C16H24N4O3. The van der Waals surface area contributed by atoms with Gasteiger partial charge in [-0.3, -0.25) is 4.79 Å². The molecule has 1 aromatic heterocycles. The number of carbonyl (C=O) groups excluding carboxylic acids is 1. The molecule has 1 aromatic rings. The Morgan fingerprint density at radius 3 is 2.96 bits per heavy atom. The van der Waals surface area contributed by atoms with Crippen LogP contribution in [0.5, 0.6) is 0 Å².